The number of fused-ring (bicyclic) bond motifs is 2. The fourth-order valence-electron chi connectivity index (χ4n) is 6.32. The van der Waals surface area contributed by atoms with Crippen LogP contribution in [0.2, 0.25) is 0 Å². The predicted octanol–water partition coefficient (Wildman–Crippen LogP) is 1.21. The quantitative estimate of drug-likeness (QED) is 0.328. The van der Waals surface area contributed by atoms with E-state index in [9.17, 15) is 19.2 Å². The van der Waals surface area contributed by atoms with Gasteiger partial charge in [-0.1, -0.05) is 0 Å². The molecule has 3 N–H and O–H groups in total. The number of ether oxygens (including phenoxy) is 3. The number of nitrogens with one attached hydrogen (secondary N) is 1. The van der Waals surface area contributed by atoms with E-state index in [-0.39, 0.29) is 42.0 Å². The van der Waals surface area contributed by atoms with Crippen molar-refractivity contribution in [1.29, 1.82) is 0 Å². The summed E-state index contributed by atoms with van der Waals surface area (Å²) >= 11 is 0. The Morgan fingerprint density at radius 2 is 1.25 bits per heavy atom. The number of hydrogen-bond donors (Lipinski definition) is 2. The maximum absolute atomic E-state index is 12.2. The first kappa shape index (κ1) is 38.8. The minimum absolute atomic E-state index is 0.0864. The van der Waals surface area contributed by atoms with Crippen LogP contribution < -0.4 is 20.9 Å². The fourth-order valence-corrected chi connectivity index (χ4v) is 6.32. The molecule has 4 atom stereocenters. The number of amides is 1. The molecule has 3 fully saturated rings. The summed E-state index contributed by atoms with van der Waals surface area (Å²) in [5.74, 6) is -0.199. The normalized spacial score (nSPS) is 23.2. The van der Waals surface area contributed by atoms with Crippen molar-refractivity contribution in [2.45, 2.75) is 37.8 Å². The number of piperidine rings is 1. The van der Waals surface area contributed by atoms with Crippen molar-refractivity contribution in [3.8, 4) is 0 Å². The molecule has 4 unspecified atom stereocenters. The van der Waals surface area contributed by atoms with E-state index in [1.165, 1.54) is 21.3 Å². The molecule has 2 bridgehead atoms. The highest BCUT2D eigenvalue weighted by molar-refractivity contribution is 5.93. The number of rotatable bonds is 6. The predicted molar refractivity (Wildman–Crippen MR) is 167 cm³/mol. The van der Waals surface area contributed by atoms with Gasteiger partial charge >= 0.3 is 30.2 Å². The van der Waals surface area contributed by atoms with Crippen molar-refractivity contribution < 1.29 is 52.6 Å². The Labute approximate surface area is 277 Å². The molecule has 3 aliphatic heterocycles. The van der Waals surface area contributed by atoms with Crippen LogP contribution in [0.25, 0.3) is 0 Å². The molecule has 5 rings (SSSR count). The van der Waals surface area contributed by atoms with E-state index >= 15 is 0 Å². The lowest BCUT2D eigenvalue weighted by Crippen LogP contribution is -2.55. The number of anilines is 2. The zero-order valence-corrected chi connectivity index (χ0v) is 27.5. The Hall–Kier alpha value is -5.36. The Morgan fingerprint density at radius 3 is 1.67 bits per heavy atom. The Kier molecular flexibility index (Phi) is 14.2. The molecular weight excluding hydrogens is 628 g/mol. The van der Waals surface area contributed by atoms with E-state index in [1.807, 2.05) is 43.0 Å². The van der Waals surface area contributed by atoms with Crippen LogP contribution in [0.3, 0.4) is 0 Å². The highest BCUT2D eigenvalue weighted by Crippen LogP contribution is 2.40. The first-order chi connectivity index (χ1) is 22.8. The van der Waals surface area contributed by atoms with E-state index in [0.29, 0.717) is 36.6 Å². The molecule has 3 saturated heterocycles. The molecule has 48 heavy (non-hydrogen) atoms. The van der Waals surface area contributed by atoms with Crippen LogP contribution in [0.4, 0.5) is 11.4 Å². The molecule has 3 heterocycles. The summed E-state index contributed by atoms with van der Waals surface area (Å²) in [6, 6.07) is 14.2. The maximum atomic E-state index is 12.2. The molecule has 15 heteroatoms. The lowest BCUT2D eigenvalue weighted by molar-refractivity contribution is -0.193. The first-order valence-corrected chi connectivity index (χ1v) is 14.8. The number of methoxy groups -OCH3 is 3. The van der Waals surface area contributed by atoms with Crippen molar-refractivity contribution in [3.05, 3.63) is 59.7 Å². The summed E-state index contributed by atoms with van der Waals surface area (Å²) in [4.78, 5) is 84.0. The van der Waals surface area contributed by atoms with E-state index in [2.05, 4.69) is 15.0 Å². The van der Waals surface area contributed by atoms with Crippen LogP contribution in [0.15, 0.2) is 48.5 Å². The molecule has 0 aliphatic carbocycles. The fraction of sp³-hybridized carbons (Fsp3) is 0.455. The molecule has 0 saturated carbocycles. The molecular formula is C33H40N4O11. The van der Waals surface area contributed by atoms with Crippen LogP contribution in [0, 0.1) is 11.8 Å². The zero-order valence-electron chi connectivity index (χ0n) is 27.5. The minimum atomic E-state index is -0.744. The molecule has 2 aromatic carbocycles. The minimum Gasteiger partial charge on any atom is -0.467 e. The van der Waals surface area contributed by atoms with Crippen molar-refractivity contribution in [2.75, 3.05) is 57.3 Å². The largest absolute Gasteiger partial charge is 0.467 e. The number of nitrogens with two attached hydrogens (primary N) is 1. The molecule has 0 radical (unpaired) electrons. The van der Waals surface area contributed by atoms with Gasteiger partial charge in [-0.2, -0.15) is 19.2 Å². The third kappa shape index (κ3) is 8.71. The molecule has 1 amide bonds. The summed E-state index contributed by atoms with van der Waals surface area (Å²) in [6.45, 7) is 6.67. The van der Waals surface area contributed by atoms with Gasteiger partial charge in [0.15, 0.2) is 0 Å². The zero-order chi connectivity index (χ0) is 36.1. The summed E-state index contributed by atoms with van der Waals surface area (Å²) in [5, 5.41) is 2.97. The topological polar surface area (TPSA) is 209 Å². The van der Waals surface area contributed by atoms with Gasteiger partial charge in [0.25, 0.3) is 0 Å². The Bertz CT molecular complexity index is 1490. The van der Waals surface area contributed by atoms with Gasteiger partial charge in [-0.15, -0.1) is 0 Å². The molecule has 15 nitrogen and oxygen atoms in total. The van der Waals surface area contributed by atoms with Gasteiger partial charge in [-0.3, -0.25) is 4.79 Å². The second-order valence-corrected chi connectivity index (χ2v) is 11.6. The van der Waals surface area contributed by atoms with Crippen molar-refractivity contribution in [2.24, 2.45) is 17.6 Å². The van der Waals surface area contributed by atoms with Gasteiger partial charge in [-0.25, -0.2) is 14.4 Å². The average Bonchev–Trinajstić information content (AvgIpc) is 3.61. The van der Waals surface area contributed by atoms with Gasteiger partial charge in [0.2, 0.25) is 5.91 Å². The van der Waals surface area contributed by atoms with Gasteiger partial charge in [-0.05, 0) is 93.6 Å². The van der Waals surface area contributed by atoms with Crippen LogP contribution in [0.1, 0.15) is 47.4 Å². The highest BCUT2D eigenvalue weighted by Gasteiger charge is 2.51. The molecule has 3 aliphatic rings. The molecule has 0 spiro atoms. The van der Waals surface area contributed by atoms with Gasteiger partial charge in [0.1, 0.15) is 11.1 Å². The lowest BCUT2D eigenvalue weighted by atomic mass is 9.89. The average molecular weight is 669 g/mol. The van der Waals surface area contributed by atoms with Crippen molar-refractivity contribution in [3.63, 3.8) is 0 Å². The summed E-state index contributed by atoms with van der Waals surface area (Å²) in [7, 11) is 4.10. The Morgan fingerprint density at radius 1 is 0.792 bits per heavy atom. The van der Waals surface area contributed by atoms with Crippen LogP contribution in [-0.4, -0.2) is 94.7 Å². The second kappa shape index (κ2) is 17.5. The van der Waals surface area contributed by atoms with Gasteiger partial charge < -0.3 is 35.1 Å². The number of esters is 3. The van der Waals surface area contributed by atoms with Gasteiger partial charge in [0, 0.05) is 31.0 Å². The Balaban J connectivity index is 0.000000287. The van der Waals surface area contributed by atoms with Gasteiger partial charge in [0.05, 0.1) is 32.5 Å². The molecule has 0 aromatic heterocycles. The first-order valence-electron chi connectivity index (χ1n) is 14.8. The molecule has 258 valence electrons. The van der Waals surface area contributed by atoms with Crippen molar-refractivity contribution in [1.82, 2.24) is 5.32 Å². The van der Waals surface area contributed by atoms with E-state index < -0.39 is 11.1 Å². The maximum Gasteiger partial charge on any atom is 0.373 e. The van der Waals surface area contributed by atoms with Crippen LogP contribution in [-0.2, 0) is 43.0 Å². The van der Waals surface area contributed by atoms with Crippen LogP contribution in [0.5, 0.6) is 0 Å². The van der Waals surface area contributed by atoms with E-state index in [0.717, 1.165) is 30.9 Å². The lowest BCUT2D eigenvalue weighted by Gasteiger charge is -2.36. The number of benzene rings is 2. The standard InChI is InChI=1S/C16H22N2O4.C15H18N2O3.2CO2/c1-16(15(20)22-3)8-11(9-17)10-18(16)13-6-4-12(5-7-13)14(19)21-2;1-15-7-10(8-16-14(15)19)9-17(15)12-5-3-11(4-6-12)13(18)20-2;2*2-1-3/h4-7,11H,8-10,17H2,1-3H3;3-6,10H,7-9H2,1-2H3,(H,16,19);;. The number of carbonyl (C=O) groups excluding carboxylic acids is 8. The number of carbonyl (C=O) groups is 4. The SMILES string of the molecule is COC(=O)c1ccc(N2CC(CN)CC2(C)C(=O)OC)cc1.COC(=O)c1ccc(N2CC3CNC(=O)C2(C)C3)cc1.O=C=O.O=C=O. The van der Waals surface area contributed by atoms with E-state index in [1.54, 1.807) is 24.3 Å². The summed E-state index contributed by atoms with van der Waals surface area (Å²) in [6.07, 6.45) is 2.03. The third-order valence-electron chi connectivity index (χ3n) is 8.64. The third-order valence-corrected chi connectivity index (χ3v) is 8.64. The van der Waals surface area contributed by atoms with E-state index in [4.69, 9.17) is 34.4 Å². The number of nitrogens with zero attached hydrogens (tertiary/aromatic N) is 2. The van der Waals surface area contributed by atoms with Crippen LogP contribution >= 0.6 is 0 Å². The smallest absolute Gasteiger partial charge is 0.373 e. The summed E-state index contributed by atoms with van der Waals surface area (Å²) in [5.41, 5.74) is 7.38. The monoisotopic (exact) mass is 668 g/mol. The summed E-state index contributed by atoms with van der Waals surface area (Å²) < 4.78 is 14.3. The second-order valence-electron chi connectivity index (χ2n) is 11.6. The van der Waals surface area contributed by atoms with Crippen molar-refractivity contribution >= 4 is 47.5 Å². The highest BCUT2D eigenvalue weighted by atomic mass is 16.5. The number of hydrogen-bond acceptors (Lipinski definition) is 14. The molecule has 2 aromatic rings.